The van der Waals surface area contributed by atoms with Crippen LogP contribution in [-0.4, -0.2) is 31.5 Å². The molecular weight excluding hydrogens is 328 g/mol. The zero-order valence-electron chi connectivity index (χ0n) is 14.4. The van der Waals surface area contributed by atoms with E-state index in [0.717, 1.165) is 29.8 Å². The number of benzene rings is 2. The minimum absolute atomic E-state index is 0.0474. The molecule has 132 valence electrons. The third-order valence-corrected chi connectivity index (χ3v) is 5.93. The van der Waals surface area contributed by atoms with E-state index in [1.807, 2.05) is 36.4 Å². The van der Waals surface area contributed by atoms with Crippen molar-refractivity contribution in [2.75, 3.05) is 24.6 Å². The first kappa shape index (κ1) is 15.4. The lowest BCUT2D eigenvalue weighted by molar-refractivity contribution is -0.120. The second kappa shape index (κ2) is 5.59. The van der Waals surface area contributed by atoms with Gasteiger partial charge >= 0.3 is 0 Å². The van der Waals surface area contributed by atoms with E-state index in [9.17, 15) is 9.59 Å². The first-order valence-electron chi connectivity index (χ1n) is 9.12. The molecule has 1 N–H and O–H groups in total. The lowest BCUT2D eigenvalue weighted by Gasteiger charge is -2.28. The Hall–Kier alpha value is -2.82. The number of fused-ring (bicyclic) bond motifs is 3. The second-order valence-electron chi connectivity index (χ2n) is 7.27. The fourth-order valence-electron chi connectivity index (χ4n) is 4.50. The van der Waals surface area contributed by atoms with E-state index in [0.29, 0.717) is 25.3 Å². The maximum Gasteiger partial charge on any atom is 0.253 e. The summed E-state index contributed by atoms with van der Waals surface area (Å²) in [5.74, 6) is 0.861. The smallest absolute Gasteiger partial charge is 0.253 e. The third-order valence-electron chi connectivity index (χ3n) is 5.93. The van der Waals surface area contributed by atoms with Crippen LogP contribution in [0.15, 0.2) is 48.5 Å². The number of ether oxygens (including phenoxy) is 1. The van der Waals surface area contributed by atoms with Gasteiger partial charge < -0.3 is 15.0 Å². The van der Waals surface area contributed by atoms with Gasteiger partial charge in [-0.25, -0.2) is 0 Å². The Bertz CT molecular complexity index is 910. The van der Waals surface area contributed by atoms with Crippen molar-refractivity contribution in [2.24, 2.45) is 5.92 Å². The average molecular weight is 348 g/mol. The van der Waals surface area contributed by atoms with Gasteiger partial charge in [-0.2, -0.15) is 0 Å². The van der Waals surface area contributed by atoms with Crippen molar-refractivity contribution < 1.29 is 14.3 Å². The van der Waals surface area contributed by atoms with E-state index < -0.39 is 0 Å². The van der Waals surface area contributed by atoms with Gasteiger partial charge in [0, 0.05) is 30.0 Å². The molecule has 2 atom stereocenters. The molecule has 1 spiro atoms. The molecule has 5 nitrogen and oxygen atoms in total. The molecule has 1 saturated carbocycles. The Labute approximate surface area is 152 Å². The van der Waals surface area contributed by atoms with Gasteiger partial charge in [-0.15, -0.1) is 0 Å². The van der Waals surface area contributed by atoms with E-state index in [4.69, 9.17) is 4.74 Å². The molecule has 5 rings (SSSR count). The van der Waals surface area contributed by atoms with Crippen molar-refractivity contribution in [1.29, 1.82) is 0 Å². The molecule has 0 bridgehead atoms. The van der Waals surface area contributed by atoms with Gasteiger partial charge in [0.2, 0.25) is 5.91 Å². The van der Waals surface area contributed by atoms with Crippen molar-refractivity contribution in [3.63, 3.8) is 0 Å². The van der Waals surface area contributed by atoms with Crippen LogP contribution in [0.2, 0.25) is 0 Å². The van der Waals surface area contributed by atoms with E-state index >= 15 is 0 Å². The van der Waals surface area contributed by atoms with Crippen LogP contribution in [-0.2, 0) is 10.2 Å². The van der Waals surface area contributed by atoms with Crippen LogP contribution in [0, 0.1) is 5.92 Å². The Morgan fingerprint density at radius 3 is 2.88 bits per heavy atom. The van der Waals surface area contributed by atoms with Gasteiger partial charge in [0.05, 0.1) is 17.9 Å². The highest BCUT2D eigenvalue weighted by atomic mass is 16.5. The summed E-state index contributed by atoms with van der Waals surface area (Å²) in [6, 6.07) is 15.4. The summed E-state index contributed by atoms with van der Waals surface area (Å²) in [4.78, 5) is 27.5. The highest BCUT2D eigenvalue weighted by Crippen LogP contribution is 2.61. The van der Waals surface area contributed by atoms with Crippen LogP contribution in [0.4, 0.5) is 5.69 Å². The van der Waals surface area contributed by atoms with Crippen LogP contribution < -0.4 is 15.0 Å². The summed E-state index contributed by atoms with van der Waals surface area (Å²) in [6.45, 7) is 1.63. The maximum atomic E-state index is 13.4. The molecule has 2 aromatic carbocycles. The first-order chi connectivity index (χ1) is 12.7. The number of anilines is 1. The number of hydrogen-bond acceptors (Lipinski definition) is 3. The summed E-state index contributed by atoms with van der Waals surface area (Å²) in [5, 5.41) is 2.88. The maximum absolute atomic E-state index is 13.4. The molecule has 1 fully saturated rings. The summed E-state index contributed by atoms with van der Waals surface area (Å²) < 4.78 is 5.78. The fraction of sp³-hybridized carbons (Fsp3) is 0.333. The molecule has 26 heavy (non-hydrogen) atoms. The minimum Gasteiger partial charge on any atom is -0.493 e. The Kier molecular flexibility index (Phi) is 3.32. The number of nitrogens with zero attached hydrogens (tertiary/aromatic N) is 1. The van der Waals surface area contributed by atoms with Crippen LogP contribution >= 0.6 is 0 Å². The van der Waals surface area contributed by atoms with Crippen LogP contribution in [0.25, 0.3) is 0 Å². The quantitative estimate of drug-likeness (QED) is 0.861. The van der Waals surface area contributed by atoms with Crippen LogP contribution in [0.5, 0.6) is 5.75 Å². The minimum atomic E-state index is -0.113. The zero-order valence-corrected chi connectivity index (χ0v) is 14.4. The summed E-state index contributed by atoms with van der Waals surface area (Å²) in [6.07, 6.45) is 1.72. The molecule has 2 aliphatic heterocycles. The predicted molar refractivity (Wildman–Crippen MR) is 97.5 cm³/mol. The largest absolute Gasteiger partial charge is 0.493 e. The number of nitrogens with one attached hydrogen (secondary N) is 1. The third kappa shape index (κ3) is 2.16. The van der Waals surface area contributed by atoms with Crippen molar-refractivity contribution >= 4 is 17.5 Å². The number of rotatable bonds is 1. The molecule has 1 aliphatic carbocycles. The molecule has 0 saturated heterocycles. The number of para-hydroxylation sites is 2. The molecule has 3 aliphatic rings. The Balaban J connectivity index is 1.49. The molecule has 2 aromatic rings. The number of carbonyl (C=O) groups excluding carboxylic acids is 2. The Morgan fingerprint density at radius 2 is 1.96 bits per heavy atom. The summed E-state index contributed by atoms with van der Waals surface area (Å²) in [7, 11) is 0. The van der Waals surface area contributed by atoms with Gasteiger partial charge in [0.25, 0.3) is 5.91 Å². The van der Waals surface area contributed by atoms with Crippen molar-refractivity contribution in [2.45, 2.75) is 18.3 Å². The van der Waals surface area contributed by atoms with Gasteiger partial charge in [0.1, 0.15) is 5.75 Å². The number of amides is 2. The summed E-state index contributed by atoms with van der Waals surface area (Å²) in [5.41, 5.74) is 2.34. The molecular formula is C21H20N2O3. The van der Waals surface area contributed by atoms with Gasteiger partial charge in [-0.1, -0.05) is 30.3 Å². The van der Waals surface area contributed by atoms with Crippen molar-refractivity contribution in [3.8, 4) is 5.75 Å². The standard InChI is InChI=1S/C21H20N2O3/c24-19-14-5-1-3-7-17(14)23(11-10-22-19)20(25)16-13-21(16)9-12-26-18-8-4-2-6-15(18)21/h1-8,16H,9-13H2,(H,22,24)/t16-,21-/m0/s1. The van der Waals surface area contributed by atoms with Crippen LogP contribution in [0.1, 0.15) is 28.8 Å². The van der Waals surface area contributed by atoms with E-state index in [2.05, 4.69) is 11.4 Å². The highest BCUT2D eigenvalue weighted by Gasteiger charge is 2.62. The molecule has 0 aromatic heterocycles. The van der Waals surface area contributed by atoms with Crippen LogP contribution in [0.3, 0.4) is 0 Å². The number of hydrogen-bond donors (Lipinski definition) is 1. The lowest BCUT2D eigenvalue weighted by Crippen LogP contribution is -2.38. The monoisotopic (exact) mass is 348 g/mol. The molecule has 2 amide bonds. The lowest BCUT2D eigenvalue weighted by atomic mass is 9.87. The van der Waals surface area contributed by atoms with E-state index in [1.165, 1.54) is 0 Å². The van der Waals surface area contributed by atoms with Crippen molar-refractivity contribution in [3.05, 3.63) is 59.7 Å². The predicted octanol–water partition coefficient (Wildman–Crippen LogP) is 2.50. The fourth-order valence-corrected chi connectivity index (χ4v) is 4.50. The second-order valence-corrected chi connectivity index (χ2v) is 7.27. The van der Waals surface area contributed by atoms with Crippen molar-refractivity contribution in [1.82, 2.24) is 5.32 Å². The SMILES string of the molecule is O=C1NCCN(C(=O)[C@@H]2C[C@]23CCOc2ccccc23)c2ccccc21. The summed E-state index contributed by atoms with van der Waals surface area (Å²) >= 11 is 0. The Morgan fingerprint density at radius 1 is 1.15 bits per heavy atom. The van der Waals surface area contributed by atoms with Gasteiger partial charge in [-0.3, -0.25) is 9.59 Å². The molecule has 5 heteroatoms. The first-order valence-corrected chi connectivity index (χ1v) is 9.12. The van der Waals surface area contributed by atoms with Gasteiger partial charge in [0.15, 0.2) is 0 Å². The molecule has 0 radical (unpaired) electrons. The van der Waals surface area contributed by atoms with Gasteiger partial charge in [-0.05, 0) is 31.0 Å². The number of carbonyl (C=O) groups is 2. The van der Waals surface area contributed by atoms with E-state index in [1.54, 1.807) is 11.0 Å². The zero-order chi connectivity index (χ0) is 17.7. The molecule has 2 heterocycles. The molecule has 0 unspecified atom stereocenters. The topological polar surface area (TPSA) is 58.6 Å². The highest BCUT2D eigenvalue weighted by molar-refractivity contribution is 6.07. The average Bonchev–Trinajstić information content (AvgIpc) is 3.42. The normalized spacial score (nSPS) is 26.2. The van der Waals surface area contributed by atoms with E-state index in [-0.39, 0.29) is 23.1 Å².